The van der Waals surface area contributed by atoms with Crippen molar-refractivity contribution in [2.45, 2.75) is 18.9 Å². The van der Waals surface area contributed by atoms with Crippen LogP contribution >= 0.6 is 0 Å². The number of amides is 2. The highest BCUT2D eigenvalue weighted by Crippen LogP contribution is 2.39. The Bertz CT molecular complexity index is 641. The van der Waals surface area contributed by atoms with Gasteiger partial charge in [0, 0.05) is 25.3 Å². The molecule has 0 saturated carbocycles. The lowest BCUT2D eigenvalue weighted by Crippen LogP contribution is -2.39. The molecule has 0 spiro atoms. The lowest BCUT2D eigenvalue weighted by atomic mass is 9.90. The van der Waals surface area contributed by atoms with Crippen molar-refractivity contribution in [1.82, 2.24) is 4.90 Å². The second kappa shape index (κ2) is 5.76. The number of fused-ring (bicyclic) bond motifs is 1. The lowest BCUT2D eigenvalue weighted by Gasteiger charge is -2.22. The summed E-state index contributed by atoms with van der Waals surface area (Å²) in [4.78, 5) is 37.0. The van der Waals surface area contributed by atoms with Gasteiger partial charge in [-0.2, -0.15) is 0 Å². The van der Waals surface area contributed by atoms with E-state index in [9.17, 15) is 19.5 Å². The van der Waals surface area contributed by atoms with E-state index in [0.29, 0.717) is 5.69 Å². The number of carbonyl (C=O) groups excluding carboxylic acids is 3. The maximum Gasteiger partial charge on any atom is 0.338 e. The Morgan fingerprint density at radius 3 is 2.64 bits per heavy atom. The Kier molecular flexibility index (Phi) is 4.18. The molecule has 0 saturated heterocycles. The van der Waals surface area contributed by atoms with E-state index in [1.54, 1.807) is 6.92 Å². The zero-order valence-corrected chi connectivity index (χ0v) is 12.7. The summed E-state index contributed by atoms with van der Waals surface area (Å²) in [5, 5.41) is 13.2. The molecule has 1 aliphatic rings. The van der Waals surface area contributed by atoms with Gasteiger partial charge in [-0.15, -0.1) is 0 Å². The van der Waals surface area contributed by atoms with Crippen LogP contribution < -0.4 is 5.32 Å². The zero-order chi connectivity index (χ0) is 16.5. The van der Waals surface area contributed by atoms with Crippen LogP contribution in [0.3, 0.4) is 0 Å². The fraction of sp³-hybridized carbons (Fsp3) is 0.400. The van der Waals surface area contributed by atoms with E-state index in [1.165, 1.54) is 37.2 Å². The molecule has 1 aromatic carbocycles. The number of nitrogens with zero attached hydrogens (tertiary/aromatic N) is 1. The van der Waals surface area contributed by atoms with Crippen LogP contribution in [-0.2, 0) is 19.9 Å². The predicted molar refractivity (Wildman–Crippen MR) is 78.2 cm³/mol. The number of rotatable bonds is 4. The minimum atomic E-state index is -1.99. The molecule has 2 N–H and O–H groups in total. The van der Waals surface area contributed by atoms with Crippen LogP contribution in [0.2, 0.25) is 0 Å². The topological polar surface area (TPSA) is 95.9 Å². The standard InChI is InChI=1S/C15H18N2O5/c1-4-22-13(19)9-5-6-11-10(7-9)15(21,14(20)16-11)8-12(18)17(2)3/h5-7,21H,4,8H2,1-3H3,(H,16,20). The molecule has 1 atom stereocenters. The summed E-state index contributed by atoms with van der Waals surface area (Å²) < 4.78 is 4.90. The van der Waals surface area contributed by atoms with Crippen molar-refractivity contribution in [2.75, 3.05) is 26.0 Å². The first-order chi connectivity index (χ1) is 10.3. The number of benzene rings is 1. The van der Waals surface area contributed by atoms with Gasteiger partial charge in [0.15, 0.2) is 5.60 Å². The first-order valence-electron chi connectivity index (χ1n) is 6.85. The Balaban J connectivity index is 2.41. The third kappa shape index (κ3) is 2.67. The van der Waals surface area contributed by atoms with Gasteiger partial charge in [0.1, 0.15) is 0 Å². The number of carbonyl (C=O) groups is 3. The first kappa shape index (κ1) is 16.0. The van der Waals surface area contributed by atoms with Crippen molar-refractivity contribution >= 4 is 23.5 Å². The average molecular weight is 306 g/mol. The van der Waals surface area contributed by atoms with Crippen molar-refractivity contribution in [1.29, 1.82) is 0 Å². The minimum Gasteiger partial charge on any atom is -0.462 e. The molecule has 118 valence electrons. The first-order valence-corrected chi connectivity index (χ1v) is 6.85. The van der Waals surface area contributed by atoms with E-state index in [4.69, 9.17) is 4.74 Å². The van der Waals surface area contributed by atoms with E-state index in [2.05, 4.69) is 5.32 Å². The SMILES string of the molecule is CCOC(=O)c1ccc2c(c1)C(O)(CC(=O)N(C)C)C(=O)N2. The third-order valence-corrected chi connectivity index (χ3v) is 3.51. The number of ether oxygens (including phenoxy) is 1. The summed E-state index contributed by atoms with van der Waals surface area (Å²) in [5.41, 5.74) is -1.18. The zero-order valence-electron chi connectivity index (χ0n) is 12.7. The summed E-state index contributed by atoms with van der Waals surface area (Å²) in [6.45, 7) is 1.90. The molecular weight excluding hydrogens is 288 g/mol. The molecule has 7 heteroatoms. The van der Waals surface area contributed by atoms with Gasteiger partial charge < -0.3 is 20.1 Å². The Morgan fingerprint density at radius 1 is 1.36 bits per heavy atom. The maximum atomic E-state index is 12.1. The van der Waals surface area contributed by atoms with Gasteiger partial charge in [-0.1, -0.05) is 0 Å². The maximum absolute atomic E-state index is 12.1. The molecule has 0 aliphatic carbocycles. The van der Waals surface area contributed by atoms with Gasteiger partial charge in [0.2, 0.25) is 5.91 Å². The number of hydrogen-bond acceptors (Lipinski definition) is 5. The molecule has 2 rings (SSSR count). The normalized spacial score (nSPS) is 19.4. The highest BCUT2D eigenvalue weighted by Gasteiger charge is 2.47. The van der Waals surface area contributed by atoms with Crippen LogP contribution in [0, 0.1) is 0 Å². The molecule has 7 nitrogen and oxygen atoms in total. The fourth-order valence-electron chi connectivity index (χ4n) is 2.24. The average Bonchev–Trinajstić information content (AvgIpc) is 2.70. The number of esters is 1. The molecular formula is C15H18N2O5. The van der Waals surface area contributed by atoms with Crippen LogP contribution in [0.1, 0.15) is 29.3 Å². The predicted octanol–water partition coefficient (Wildman–Crippen LogP) is 0.481. The third-order valence-electron chi connectivity index (χ3n) is 3.51. The smallest absolute Gasteiger partial charge is 0.338 e. The van der Waals surface area contributed by atoms with Gasteiger partial charge in [-0.3, -0.25) is 9.59 Å². The summed E-state index contributed by atoms with van der Waals surface area (Å²) in [7, 11) is 3.07. The summed E-state index contributed by atoms with van der Waals surface area (Å²) >= 11 is 0. The highest BCUT2D eigenvalue weighted by atomic mass is 16.5. The van der Waals surface area contributed by atoms with Crippen LogP contribution in [0.15, 0.2) is 18.2 Å². The molecule has 0 bridgehead atoms. The van der Waals surface area contributed by atoms with Gasteiger partial charge in [0.05, 0.1) is 18.6 Å². The number of hydrogen-bond donors (Lipinski definition) is 2. The molecule has 22 heavy (non-hydrogen) atoms. The molecule has 2 amide bonds. The second-order valence-corrected chi connectivity index (χ2v) is 5.26. The largest absolute Gasteiger partial charge is 0.462 e. The Morgan fingerprint density at radius 2 is 2.05 bits per heavy atom. The van der Waals surface area contributed by atoms with Gasteiger partial charge in [-0.25, -0.2) is 4.79 Å². The summed E-state index contributed by atoms with van der Waals surface area (Å²) in [6, 6.07) is 4.39. The number of nitrogens with one attached hydrogen (secondary N) is 1. The van der Waals surface area contributed by atoms with Crippen molar-refractivity contribution in [3.8, 4) is 0 Å². The van der Waals surface area contributed by atoms with Gasteiger partial charge in [0.25, 0.3) is 5.91 Å². The van der Waals surface area contributed by atoms with Crippen molar-refractivity contribution in [3.05, 3.63) is 29.3 Å². The van der Waals surface area contributed by atoms with Crippen molar-refractivity contribution < 1.29 is 24.2 Å². The molecule has 0 radical (unpaired) electrons. The van der Waals surface area contributed by atoms with Crippen LogP contribution in [0.25, 0.3) is 0 Å². The van der Waals surface area contributed by atoms with E-state index < -0.39 is 29.8 Å². The highest BCUT2D eigenvalue weighted by molar-refractivity contribution is 6.07. The van der Waals surface area contributed by atoms with E-state index >= 15 is 0 Å². The van der Waals surface area contributed by atoms with E-state index in [1.807, 2.05) is 0 Å². The lowest BCUT2D eigenvalue weighted by molar-refractivity contribution is -0.144. The van der Waals surface area contributed by atoms with Crippen LogP contribution in [0.5, 0.6) is 0 Å². The van der Waals surface area contributed by atoms with Crippen LogP contribution in [0.4, 0.5) is 5.69 Å². The fourth-order valence-corrected chi connectivity index (χ4v) is 2.24. The molecule has 0 fully saturated rings. The Hall–Kier alpha value is -2.41. The number of aliphatic hydroxyl groups is 1. The van der Waals surface area contributed by atoms with Gasteiger partial charge >= 0.3 is 5.97 Å². The molecule has 0 aromatic heterocycles. The molecule has 1 aromatic rings. The van der Waals surface area contributed by atoms with Crippen LogP contribution in [-0.4, -0.2) is 48.5 Å². The summed E-state index contributed by atoms with van der Waals surface area (Å²) in [6.07, 6.45) is -0.398. The van der Waals surface area contributed by atoms with Crippen molar-refractivity contribution in [3.63, 3.8) is 0 Å². The number of anilines is 1. The molecule has 1 unspecified atom stereocenters. The van der Waals surface area contributed by atoms with E-state index in [-0.39, 0.29) is 17.7 Å². The quantitative estimate of drug-likeness (QED) is 0.789. The molecule has 1 heterocycles. The van der Waals surface area contributed by atoms with Crippen molar-refractivity contribution in [2.24, 2.45) is 0 Å². The van der Waals surface area contributed by atoms with E-state index in [0.717, 1.165) is 0 Å². The monoisotopic (exact) mass is 306 g/mol. The molecule has 1 aliphatic heterocycles. The Labute approximate surface area is 127 Å². The minimum absolute atomic E-state index is 0.207. The summed E-state index contributed by atoms with van der Waals surface area (Å²) in [5.74, 6) is -1.63. The second-order valence-electron chi connectivity index (χ2n) is 5.26. The van der Waals surface area contributed by atoms with Gasteiger partial charge in [-0.05, 0) is 25.1 Å².